The fourth-order valence-electron chi connectivity index (χ4n) is 7.21. The third-order valence-corrected chi connectivity index (χ3v) is 10.7. The summed E-state index contributed by atoms with van der Waals surface area (Å²) in [7, 11) is 0. The molecule has 10 rings (SSSR count). The van der Waals surface area contributed by atoms with Crippen LogP contribution in [0.15, 0.2) is 164 Å². The molecule has 0 N–H and O–H groups in total. The number of hydrogen-bond acceptors (Lipinski definition) is 4. The van der Waals surface area contributed by atoms with Crippen molar-refractivity contribution in [1.29, 1.82) is 0 Å². The van der Waals surface area contributed by atoms with Crippen molar-refractivity contribution >= 4 is 63.8 Å². The van der Waals surface area contributed by atoms with E-state index in [0.717, 1.165) is 27.8 Å². The Hall–Kier alpha value is -6.23. The van der Waals surface area contributed by atoms with E-state index in [1.54, 1.807) is 11.3 Å². The van der Waals surface area contributed by atoms with E-state index >= 15 is 0 Å². The van der Waals surface area contributed by atoms with Crippen LogP contribution in [0.2, 0.25) is 0 Å². The van der Waals surface area contributed by atoms with E-state index in [0.29, 0.717) is 17.5 Å². The lowest BCUT2D eigenvalue weighted by Gasteiger charge is -2.13. The summed E-state index contributed by atoms with van der Waals surface area (Å²) in [6, 6.07) is 58.0. The van der Waals surface area contributed by atoms with Crippen LogP contribution in [0, 0.1) is 0 Å². The number of thiophene rings is 1. The second kappa shape index (κ2) is 11.2. The largest absolute Gasteiger partial charge is 0.208 e. The van der Waals surface area contributed by atoms with E-state index in [-0.39, 0.29) is 0 Å². The Bertz CT molecular complexity index is 2890. The van der Waals surface area contributed by atoms with Crippen molar-refractivity contribution in [3.63, 3.8) is 0 Å². The van der Waals surface area contributed by atoms with E-state index in [1.165, 1.54) is 52.5 Å². The van der Waals surface area contributed by atoms with Gasteiger partial charge in [-0.2, -0.15) is 0 Å². The SMILES string of the molecule is c1ccc(-c2ccccc2-c2nc(-c3ccc4ccc5c6ccccc6ccc5c4c3)nc(-c3cccc4sc5ccccc5c34)n2)cc1. The summed E-state index contributed by atoms with van der Waals surface area (Å²) in [6.45, 7) is 0. The molecule has 0 bridgehead atoms. The predicted molar refractivity (Wildman–Crippen MR) is 207 cm³/mol. The minimum absolute atomic E-state index is 0.652. The van der Waals surface area contributed by atoms with Crippen LogP contribution in [0.3, 0.4) is 0 Å². The third-order valence-electron chi connectivity index (χ3n) is 9.53. The van der Waals surface area contributed by atoms with Crippen molar-refractivity contribution in [2.75, 3.05) is 0 Å². The summed E-state index contributed by atoms with van der Waals surface area (Å²) in [4.78, 5) is 15.7. The van der Waals surface area contributed by atoms with E-state index < -0.39 is 0 Å². The molecule has 0 radical (unpaired) electrons. The first-order valence-electron chi connectivity index (χ1n) is 16.4. The summed E-state index contributed by atoms with van der Waals surface area (Å²) in [5.74, 6) is 1.97. The predicted octanol–water partition coefficient (Wildman–Crippen LogP) is 12.4. The summed E-state index contributed by atoms with van der Waals surface area (Å²) >= 11 is 1.80. The molecule has 2 aromatic heterocycles. The number of hydrogen-bond donors (Lipinski definition) is 0. The summed E-state index contributed by atoms with van der Waals surface area (Å²) < 4.78 is 2.47. The molecule has 8 aromatic carbocycles. The highest BCUT2D eigenvalue weighted by Gasteiger charge is 2.19. The quantitative estimate of drug-likeness (QED) is 0.180. The van der Waals surface area contributed by atoms with Crippen molar-refractivity contribution in [3.05, 3.63) is 164 Å². The Morgan fingerprint density at radius 2 is 0.918 bits per heavy atom. The zero-order chi connectivity index (χ0) is 32.3. The fraction of sp³-hybridized carbons (Fsp3) is 0. The molecule has 228 valence electrons. The van der Waals surface area contributed by atoms with Gasteiger partial charge in [0.25, 0.3) is 0 Å². The molecule has 4 heteroatoms. The van der Waals surface area contributed by atoms with Gasteiger partial charge in [-0.3, -0.25) is 0 Å². The number of fused-ring (bicyclic) bond motifs is 8. The van der Waals surface area contributed by atoms with Crippen LogP contribution in [-0.2, 0) is 0 Å². The van der Waals surface area contributed by atoms with Crippen molar-refractivity contribution in [3.8, 4) is 45.3 Å². The van der Waals surface area contributed by atoms with Gasteiger partial charge in [0.1, 0.15) is 0 Å². The molecule has 0 atom stereocenters. The average molecular weight is 642 g/mol. The van der Waals surface area contributed by atoms with Crippen LogP contribution in [-0.4, -0.2) is 15.0 Å². The van der Waals surface area contributed by atoms with Crippen LogP contribution in [0.5, 0.6) is 0 Å². The Morgan fingerprint density at radius 3 is 1.78 bits per heavy atom. The highest BCUT2D eigenvalue weighted by atomic mass is 32.1. The molecule has 0 saturated heterocycles. The average Bonchev–Trinajstić information content (AvgIpc) is 3.57. The maximum Gasteiger partial charge on any atom is 0.164 e. The lowest BCUT2D eigenvalue weighted by molar-refractivity contribution is 1.08. The standard InChI is InChI=1S/C45H27N3S/c1-2-11-28(12-3-1)33-15-6-7-16-36(33)44-46-43(47-45(48-44)38-18-10-20-41-42(38)37-17-8-9-19-40(37)49-41)31-22-21-30-24-25-34-32-14-5-4-13-29(32)23-26-35(34)39(30)27-31/h1-27H. The molecule has 0 aliphatic heterocycles. The maximum atomic E-state index is 5.26. The van der Waals surface area contributed by atoms with Crippen molar-refractivity contribution in [2.45, 2.75) is 0 Å². The molecule has 49 heavy (non-hydrogen) atoms. The number of aromatic nitrogens is 3. The van der Waals surface area contributed by atoms with Gasteiger partial charge in [0.15, 0.2) is 17.5 Å². The van der Waals surface area contributed by atoms with Crippen LogP contribution in [0.1, 0.15) is 0 Å². The van der Waals surface area contributed by atoms with Crippen LogP contribution in [0.25, 0.3) is 97.8 Å². The van der Waals surface area contributed by atoms with E-state index in [2.05, 4.69) is 158 Å². The lowest BCUT2D eigenvalue weighted by Crippen LogP contribution is -2.01. The van der Waals surface area contributed by atoms with Crippen molar-refractivity contribution in [1.82, 2.24) is 15.0 Å². The molecular weight excluding hydrogens is 615 g/mol. The van der Waals surface area contributed by atoms with Gasteiger partial charge in [-0.1, -0.05) is 146 Å². The minimum Gasteiger partial charge on any atom is -0.208 e. The van der Waals surface area contributed by atoms with Gasteiger partial charge in [0, 0.05) is 36.9 Å². The molecule has 0 spiro atoms. The molecule has 0 aliphatic rings. The fourth-order valence-corrected chi connectivity index (χ4v) is 8.34. The smallest absolute Gasteiger partial charge is 0.164 e. The molecule has 0 amide bonds. The zero-order valence-electron chi connectivity index (χ0n) is 26.3. The molecule has 2 heterocycles. The Kier molecular flexibility index (Phi) is 6.36. The summed E-state index contributed by atoms with van der Waals surface area (Å²) in [5.41, 5.74) is 5.14. The van der Waals surface area contributed by atoms with Crippen LogP contribution in [0.4, 0.5) is 0 Å². The number of nitrogens with zero attached hydrogens (tertiary/aromatic N) is 3. The van der Waals surface area contributed by atoms with E-state index in [9.17, 15) is 0 Å². The van der Waals surface area contributed by atoms with Crippen molar-refractivity contribution < 1.29 is 0 Å². The van der Waals surface area contributed by atoms with Gasteiger partial charge in [0.05, 0.1) is 0 Å². The van der Waals surface area contributed by atoms with Crippen LogP contribution >= 0.6 is 11.3 Å². The molecule has 0 saturated carbocycles. The molecule has 3 nitrogen and oxygen atoms in total. The second-order valence-electron chi connectivity index (χ2n) is 12.4. The summed E-state index contributed by atoms with van der Waals surface area (Å²) in [6.07, 6.45) is 0. The first-order valence-corrected chi connectivity index (χ1v) is 17.3. The van der Waals surface area contributed by atoms with E-state index in [4.69, 9.17) is 15.0 Å². The molecule has 0 aliphatic carbocycles. The lowest BCUT2D eigenvalue weighted by atomic mass is 9.96. The van der Waals surface area contributed by atoms with Gasteiger partial charge in [-0.25, -0.2) is 15.0 Å². The maximum absolute atomic E-state index is 5.26. The molecule has 10 aromatic rings. The van der Waals surface area contributed by atoms with Gasteiger partial charge in [0.2, 0.25) is 0 Å². The van der Waals surface area contributed by atoms with Gasteiger partial charge >= 0.3 is 0 Å². The van der Waals surface area contributed by atoms with Crippen molar-refractivity contribution in [2.24, 2.45) is 0 Å². The Morgan fingerprint density at radius 1 is 0.327 bits per heavy atom. The number of benzene rings is 8. The first kappa shape index (κ1) is 27.8. The van der Waals surface area contributed by atoms with Gasteiger partial charge in [-0.15, -0.1) is 11.3 Å². The molecular formula is C45H27N3S. The van der Waals surface area contributed by atoms with Gasteiger partial charge < -0.3 is 0 Å². The highest BCUT2D eigenvalue weighted by molar-refractivity contribution is 7.25. The Balaban J connectivity index is 1.25. The van der Waals surface area contributed by atoms with Gasteiger partial charge in [-0.05, 0) is 61.6 Å². The zero-order valence-corrected chi connectivity index (χ0v) is 27.2. The molecule has 0 unspecified atom stereocenters. The highest BCUT2D eigenvalue weighted by Crippen LogP contribution is 2.41. The summed E-state index contributed by atoms with van der Waals surface area (Å²) in [5, 5.41) is 9.72. The van der Waals surface area contributed by atoms with E-state index in [1.807, 2.05) is 6.07 Å². The topological polar surface area (TPSA) is 38.7 Å². The Labute approximate surface area is 286 Å². The number of rotatable bonds is 4. The molecule has 0 fully saturated rings. The third kappa shape index (κ3) is 4.61. The van der Waals surface area contributed by atoms with Crippen LogP contribution < -0.4 is 0 Å². The second-order valence-corrected chi connectivity index (χ2v) is 13.5. The first-order chi connectivity index (χ1) is 24.3. The minimum atomic E-state index is 0.652. The normalized spacial score (nSPS) is 11.7. The monoisotopic (exact) mass is 641 g/mol.